The predicted octanol–water partition coefficient (Wildman–Crippen LogP) is 0.564. The van der Waals surface area contributed by atoms with Crippen LogP contribution in [0.3, 0.4) is 0 Å². The minimum absolute atomic E-state index is 0.175. The summed E-state index contributed by atoms with van der Waals surface area (Å²) in [7, 11) is 0. The number of nitrogens with one attached hydrogen (secondary N) is 1. The van der Waals surface area contributed by atoms with Crippen molar-refractivity contribution < 1.29 is 14.3 Å². The van der Waals surface area contributed by atoms with Gasteiger partial charge in [-0.25, -0.2) is 0 Å². The second-order valence-electron chi connectivity index (χ2n) is 3.95. The number of carbonyl (C=O) groups excluding carboxylic acids is 1. The summed E-state index contributed by atoms with van der Waals surface area (Å²) in [4.78, 5) is 11.2. The molecule has 4 nitrogen and oxygen atoms in total. The Morgan fingerprint density at radius 2 is 2.43 bits per heavy atom. The van der Waals surface area contributed by atoms with E-state index in [0.29, 0.717) is 25.1 Å². The maximum absolute atomic E-state index is 11.2. The van der Waals surface area contributed by atoms with Gasteiger partial charge in [-0.1, -0.05) is 13.8 Å². The fourth-order valence-electron chi connectivity index (χ4n) is 1.26. The van der Waals surface area contributed by atoms with Gasteiger partial charge in [0.2, 0.25) is 0 Å². The lowest BCUT2D eigenvalue weighted by molar-refractivity contribution is -0.144. The highest BCUT2D eigenvalue weighted by atomic mass is 16.5. The maximum Gasteiger partial charge on any atom is 0.319 e. The van der Waals surface area contributed by atoms with Gasteiger partial charge >= 0.3 is 5.97 Å². The van der Waals surface area contributed by atoms with E-state index in [9.17, 15) is 4.79 Å². The summed E-state index contributed by atoms with van der Waals surface area (Å²) in [6, 6.07) is 0.317. The maximum atomic E-state index is 11.2. The topological polar surface area (TPSA) is 47.6 Å². The number of hydrogen-bond acceptors (Lipinski definition) is 4. The smallest absolute Gasteiger partial charge is 0.319 e. The molecule has 0 aliphatic carbocycles. The summed E-state index contributed by atoms with van der Waals surface area (Å²) in [5.74, 6) is 0.226. The Morgan fingerprint density at radius 3 is 3.00 bits per heavy atom. The minimum atomic E-state index is -0.175. The molecule has 14 heavy (non-hydrogen) atoms. The Hall–Kier alpha value is -0.610. The van der Waals surface area contributed by atoms with E-state index in [2.05, 4.69) is 5.32 Å². The molecule has 1 rings (SSSR count). The zero-order chi connectivity index (χ0) is 10.4. The molecule has 82 valence electrons. The van der Waals surface area contributed by atoms with E-state index in [1.165, 1.54) is 0 Å². The van der Waals surface area contributed by atoms with Gasteiger partial charge < -0.3 is 14.8 Å². The van der Waals surface area contributed by atoms with Crippen LogP contribution in [-0.4, -0.2) is 38.4 Å². The first kappa shape index (κ1) is 11.5. The molecule has 1 N–H and O–H groups in total. The first-order chi connectivity index (χ1) is 6.68. The number of esters is 1. The van der Waals surface area contributed by atoms with E-state index in [0.717, 1.165) is 19.6 Å². The van der Waals surface area contributed by atoms with Crippen molar-refractivity contribution >= 4 is 5.97 Å². The first-order valence-electron chi connectivity index (χ1n) is 5.15. The normalized spacial score (nSPS) is 21.5. The molecule has 0 saturated carbocycles. The molecular formula is C10H19NO3. The van der Waals surface area contributed by atoms with Crippen molar-refractivity contribution in [3.05, 3.63) is 0 Å². The van der Waals surface area contributed by atoms with Crippen LogP contribution in [0.25, 0.3) is 0 Å². The standard InChI is InChI=1S/C10H19NO3/c1-8(2)11-5-10(12)14-7-9-3-4-13-6-9/h8-9,11H,3-7H2,1-2H3. The van der Waals surface area contributed by atoms with Gasteiger partial charge in [-0.15, -0.1) is 0 Å². The van der Waals surface area contributed by atoms with Crippen LogP contribution < -0.4 is 5.32 Å². The summed E-state index contributed by atoms with van der Waals surface area (Å²) in [5.41, 5.74) is 0. The molecule has 1 saturated heterocycles. The lowest BCUT2D eigenvalue weighted by Crippen LogP contribution is -2.31. The molecule has 1 aliphatic rings. The molecule has 1 unspecified atom stereocenters. The summed E-state index contributed by atoms with van der Waals surface area (Å²) in [6.45, 7) is 6.32. The largest absolute Gasteiger partial charge is 0.464 e. The summed E-state index contributed by atoms with van der Waals surface area (Å²) >= 11 is 0. The van der Waals surface area contributed by atoms with Gasteiger partial charge in [0.15, 0.2) is 0 Å². The number of ether oxygens (including phenoxy) is 2. The van der Waals surface area contributed by atoms with Gasteiger partial charge in [0, 0.05) is 18.6 Å². The Morgan fingerprint density at radius 1 is 1.64 bits per heavy atom. The van der Waals surface area contributed by atoms with E-state index in [1.54, 1.807) is 0 Å². The average molecular weight is 201 g/mol. The molecule has 1 heterocycles. The highest BCUT2D eigenvalue weighted by Crippen LogP contribution is 2.11. The molecule has 0 spiro atoms. The molecule has 1 aliphatic heterocycles. The number of carbonyl (C=O) groups is 1. The molecule has 0 aromatic rings. The van der Waals surface area contributed by atoms with Crippen LogP contribution >= 0.6 is 0 Å². The fraction of sp³-hybridized carbons (Fsp3) is 0.900. The molecule has 0 aromatic heterocycles. The number of rotatable bonds is 5. The fourth-order valence-corrected chi connectivity index (χ4v) is 1.26. The molecule has 4 heteroatoms. The van der Waals surface area contributed by atoms with Crippen LogP contribution in [0, 0.1) is 5.92 Å². The summed E-state index contributed by atoms with van der Waals surface area (Å²) < 4.78 is 10.3. The average Bonchev–Trinajstić information content (AvgIpc) is 2.63. The second-order valence-corrected chi connectivity index (χ2v) is 3.95. The third-order valence-electron chi connectivity index (χ3n) is 2.16. The second kappa shape index (κ2) is 5.98. The van der Waals surface area contributed by atoms with E-state index >= 15 is 0 Å². The summed E-state index contributed by atoms with van der Waals surface area (Å²) in [6.07, 6.45) is 1.00. The Balaban J connectivity index is 2.02. The van der Waals surface area contributed by atoms with Crippen molar-refractivity contribution in [2.75, 3.05) is 26.4 Å². The Labute approximate surface area is 85.0 Å². The number of hydrogen-bond donors (Lipinski definition) is 1. The van der Waals surface area contributed by atoms with Crippen LogP contribution in [0.15, 0.2) is 0 Å². The van der Waals surface area contributed by atoms with Gasteiger partial charge in [-0.05, 0) is 6.42 Å². The van der Waals surface area contributed by atoms with E-state index in [1.807, 2.05) is 13.8 Å². The van der Waals surface area contributed by atoms with Gasteiger partial charge in [-0.3, -0.25) is 4.79 Å². The van der Waals surface area contributed by atoms with Crippen molar-refractivity contribution in [3.8, 4) is 0 Å². The van der Waals surface area contributed by atoms with Crippen molar-refractivity contribution in [2.45, 2.75) is 26.3 Å². The zero-order valence-corrected chi connectivity index (χ0v) is 8.91. The minimum Gasteiger partial charge on any atom is -0.464 e. The first-order valence-corrected chi connectivity index (χ1v) is 5.15. The lowest BCUT2D eigenvalue weighted by atomic mass is 10.1. The molecule has 0 aromatic carbocycles. The highest BCUT2D eigenvalue weighted by molar-refractivity contribution is 5.71. The molecule has 0 bridgehead atoms. The van der Waals surface area contributed by atoms with Crippen LogP contribution in [0.5, 0.6) is 0 Å². The van der Waals surface area contributed by atoms with Gasteiger partial charge in [-0.2, -0.15) is 0 Å². The van der Waals surface area contributed by atoms with Crippen LogP contribution in [-0.2, 0) is 14.3 Å². The quantitative estimate of drug-likeness (QED) is 0.660. The molecule has 1 fully saturated rings. The molecule has 1 atom stereocenters. The summed E-state index contributed by atoms with van der Waals surface area (Å²) in [5, 5.41) is 3.01. The molecule has 0 amide bonds. The van der Waals surface area contributed by atoms with Gasteiger partial charge in [0.05, 0.1) is 19.8 Å². The van der Waals surface area contributed by atoms with Crippen LogP contribution in [0.4, 0.5) is 0 Å². The Bertz CT molecular complexity index is 176. The highest BCUT2D eigenvalue weighted by Gasteiger charge is 2.17. The van der Waals surface area contributed by atoms with Crippen molar-refractivity contribution in [3.63, 3.8) is 0 Å². The van der Waals surface area contributed by atoms with Crippen LogP contribution in [0.2, 0.25) is 0 Å². The predicted molar refractivity (Wildman–Crippen MR) is 53.0 cm³/mol. The van der Waals surface area contributed by atoms with Crippen molar-refractivity contribution in [1.82, 2.24) is 5.32 Å². The SMILES string of the molecule is CC(C)NCC(=O)OCC1CCOC1. The van der Waals surface area contributed by atoms with Crippen LogP contribution in [0.1, 0.15) is 20.3 Å². The molecule has 0 radical (unpaired) electrons. The third-order valence-corrected chi connectivity index (χ3v) is 2.16. The molecular weight excluding hydrogens is 182 g/mol. The monoisotopic (exact) mass is 201 g/mol. The lowest BCUT2D eigenvalue weighted by Gasteiger charge is -2.10. The van der Waals surface area contributed by atoms with Gasteiger partial charge in [0.1, 0.15) is 0 Å². The van der Waals surface area contributed by atoms with Crippen molar-refractivity contribution in [1.29, 1.82) is 0 Å². The van der Waals surface area contributed by atoms with Gasteiger partial charge in [0.25, 0.3) is 0 Å². The van der Waals surface area contributed by atoms with E-state index in [-0.39, 0.29) is 5.97 Å². The zero-order valence-electron chi connectivity index (χ0n) is 8.91. The van der Waals surface area contributed by atoms with Crippen molar-refractivity contribution in [2.24, 2.45) is 5.92 Å². The third kappa shape index (κ3) is 4.58. The van der Waals surface area contributed by atoms with E-state index in [4.69, 9.17) is 9.47 Å². The van der Waals surface area contributed by atoms with E-state index < -0.39 is 0 Å². The Kier molecular flexibility index (Phi) is 4.90.